The molecule has 0 saturated heterocycles. The molecule has 14 heteroatoms. The van der Waals surface area contributed by atoms with Crippen molar-refractivity contribution in [2.75, 3.05) is 66.2 Å². The topological polar surface area (TPSA) is 168 Å². The first kappa shape index (κ1) is 42.6. The van der Waals surface area contributed by atoms with E-state index < -0.39 is 16.7 Å². The van der Waals surface area contributed by atoms with Gasteiger partial charge < -0.3 is 29.4 Å². The summed E-state index contributed by atoms with van der Waals surface area (Å²) >= 11 is 0. The molecule has 14 nitrogen and oxygen atoms in total. The second kappa shape index (κ2) is 19.7. The van der Waals surface area contributed by atoms with Gasteiger partial charge in [0.25, 0.3) is 16.7 Å². The van der Waals surface area contributed by atoms with E-state index in [2.05, 4.69) is 15.3 Å². The first-order chi connectivity index (χ1) is 29.7. The minimum Gasteiger partial charge on any atom is -0.494 e. The number of anilines is 1. The average Bonchev–Trinajstić information content (AvgIpc) is 3.27. The highest BCUT2D eigenvalue weighted by Crippen LogP contribution is 2.40. The van der Waals surface area contributed by atoms with Crippen molar-refractivity contribution in [2.45, 2.75) is 39.3 Å². The van der Waals surface area contributed by atoms with E-state index in [0.717, 1.165) is 28.1 Å². The summed E-state index contributed by atoms with van der Waals surface area (Å²) in [6, 6.07) is 18.9. The standard InChI is InChI=1S/C47H50N6O8/c1-30-8-16-36(50-28-30)37-17-13-32(29-51-37)10-9-31-11-14-33(15-12-31)61-25-19-49-39-27-35-40-41-34(44(54)53(21-7-24-60-4)47(57)43(39)41)26-38(48-18-5-22-58-2)42(40)46(56)52(45(35)55)20-6-23-59-3/h8-17,26-29,49,55H,5-7,18-25H2,1-4H3/b10-9+,48-38?. The summed E-state index contributed by atoms with van der Waals surface area (Å²) in [6.45, 7) is 4.34. The fourth-order valence-electron chi connectivity index (χ4n) is 7.47. The van der Waals surface area contributed by atoms with Gasteiger partial charge in [0.1, 0.15) is 12.4 Å². The molecule has 3 aromatic heterocycles. The lowest BCUT2D eigenvalue weighted by atomic mass is 9.89. The molecule has 7 rings (SSSR count). The van der Waals surface area contributed by atoms with E-state index in [1.807, 2.05) is 80.0 Å². The van der Waals surface area contributed by atoms with Crippen LogP contribution in [0.4, 0.5) is 5.69 Å². The molecular formula is C47H50N6O8. The molecular weight excluding hydrogens is 777 g/mol. The third-order valence-electron chi connectivity index (χ3n) is 10.5. The first-order valence-corrected chi connectivity index (χ1v) is 20.3. The molecule has 2 aromatic carbocycles. The monoisotopic (exact) mass is 826 g/mol. The van der Waals surface area contributed by atoms with Crippen LogP contribution in [0.5, 0.6) is 11.6 Å². The summed E-state index contributed by atoms with van der Waals surface area (Å²) in [4.78, 5) is 56.6. The van der Waals surface area contributed by atoms with Gasteiger partial charge in [-0.25, -0.2) is 0 Å². The smallest absolute Gasteiger partial charge is 0.263 e. The number of methoxy groups -OCH3 is 3. The van der Waals surface area contributed by atoms with Gasteiger partial charge in [-0.15, -0.1) is 0 Å². The van der Waals surface area contributed by atoms with Crippen LogP contribution >= 0.6 is 0 Å². The molecule has 0 bridgehead atoms. The summed E-state index contributed by atoms with van der Waals surface area (Å²) in [6.07, 6.45) is 9.13. The molecule has 0 radical (unpaired) electrons. The van der Waals surface area contributed by atoms with E-state index in [1.54, 1.807) is 33.5 Å². The van der Waals surface area contributed by atoms with Gasteiger partial charge in [-0.3, -0.25) is 38.5 Å². The Morgan fingerprint density at radius 3 is 2.02 bits per heavy atom. The van der Waals surface area contributed by atoms with E-state index in [4.69, 9.17) is 23.9 Å². The number of nitrogens with zero attached hydrogens (tertiary/aromatic N) is 5. The summed E-state index contributed by atoms with van der Waals surface area (Å²) in [5.74, 6) is 0.382. The SMILES string of the molecule is COCCCN=c1cc2c(=O)n(CCCOC)c(=O)c3c(NCCOc4ccc(/C=C/c5ccc(-c6ccc(C)cn6)nc5)cc4)cc4c(O)n(CCCOC)c(=O)c1c4c3-2. The first-order valence-electron chi connectivity index (χ1n) is 20.3. The van der Waals surface area contributed by atoms with Gasteiger partial charge in [-0.2, -0.15) is 0 Å². The Morgan fingerprint density at radius 1 is 0.705 bits per heavy atom. The number of aromatic nitrogens is 4. The highest BCUT2D eigenvalue weighted by Gasteiger charge is 2.29. The fraction of sp³-hybridized carbons (Fsp3) is 0.319. The van der Waals surface area contributed by atoms with Crippen LogP contribution in [0, 0.1) is 6.92 Å². The predicted molar refractivity (Wildman–Crippen MR) is 238 cm³/mol. The molecule has 316 valence electrons. The molecule has 0 amide bonds. The van der Waals surface area contributed by atoms with Gasteiger partial charge in [0, 0.05) is 102 Å². The predicted octanol–water partition coefficient (Wildman–Crippen LogP) is 5.80. The molecule has 0 spiro atoms. The van der Waals surface area contributed by atoms with Crippen molar-refractivity contribution in [2.24, 2.45) is 4.99 Å². The van der Waals surface area contributed by atoms with Crippen LogP contribution in [0.3, 0.4) is 0 Å². The van der Waals surface area contributed by atoms with Gasteiger partial charge in [0.2, 0.25) is 5.88 Å². The normalized spacial score (nSPS) is 12.2. The molecule has 61 heavy (non-hydrogen) atoms. The molecule has 0 fully saturated rings. The number of hydrogen-bond donors (Lipinski definition) is 2. The van der Waals surface area contributed by atoms with Crippen LogP contribution < -0.4 is 32.1 Å². The fourth-order valence-corrected chi connectivity index (χ4v) is 7.47. The van der Waals surface area contributed by atoms with Gasteiger partial charge in [-0.1, -0.05) is 36.4 Å². The molecule has 0 atom stereocenters. The zero-order valence-electron chi connectivity index (χ0n) is 34.9. The molecule has 0 saturated carbocycles. The highest BCUT2D eigenvalue weighted by atomic mass is 16.5. The van der Waals surface area contributed by atoms with Crippen LogP contribution in [-0.4, -0.2) is 85.1 Å². The molecule has 0 unspecified atom stereocenters. The number of aryl methyl sites for hydroxylation is 1. The zero-order chi connectivity index (χ0) is 42.9. The summed E-state index contributed by atoms with van der Waals surface area (Å²) in [7, 11) is 4.74. The Hall–Kier alpha value is -6.48. The summed E-state index contributed by atoms with van der Waals surface area (Å²) in [5, 5.41) is 16.5. The zero-order valence-corrected chi connectivity index (χ0v) is 34.9. The number of benzene rings is 3. The van der Waals surface area contributed by atoms with Crippen molar-refractivity contribution in [1.29, 1.82) is 0 Å². The number of nitrogens with one attached hydrogen (secondary N) is 1. The van der Waals surface area contributed by atoms with Gasteiger partial charge in [-0.05, 0) is 79.3 Å². The van der Waals surface area contributed by atoms with Gasteiger partial charge in [0.15, 0.2) is 0 Å². The highest BCUT2D eigenvalue weighted by molar-refractivity contribution is 6.18. The Morgan fingerprint density at radius 2 is 1.34 bits per heavy atom. The van der Waals surface area contributed by atoms with Gasteiger partial charge >= 0.3 is 0 Å². The van der Waals surface area contributed by atoms with Crippen molar-refractivity contribution in [3.63, 3.8) is 0 Å². The third kappa shape index (κ3) is 9.31. The van der Waals surface area contributed by atoms with Crippen LogP contribution in [0.1, 0.15) is 36.0 Å². The lowest BCUT2D eigenvalue weighted by molar-refractivity contribution is 0.189. The maximum absolute atomic E-state index is 14.4. The van der Waals surface area contributed by atoms with E-state index in [0.29, 0.717) is 78.8 Å². The number of ether oxygens (including phenoxy) is 4. The van der Waals surface area contributed by atoms with E-state index in [9.17, 15) is 19.5 Å². The number of hydrogen-bond acceptors (Lipinski definition) is 12. The second-order valence-electron chi connectivity index (χ2n) is 14.8. The number of aromatic hydroxyl groups is 1. The quantitative estimate of drug-likeness (QED) is 0.0704. The van der Waals surface area contributed by atoms with Crippen molar-refractivity contribution < 1.29 is 24.1 Å². The van der Waals surface area contributed by atoms with Crippen molar-refractivity contribution in [3.8, 4) is 34.1 Å². The molecule has 5 aromatic rings. The third-order valence-corrected chi connectivity index (χ3v) is 10.5. The number of pyridine rings is 4. The largest absolute Gasteiger partial charge is 0.494 e. The van der Waals surface area contributed by atoms with Crippen LogP contribution in [0.15, 0.2) is 92.4 Å². The maximum Gasteiger partial charge on any atom is 0.263 e. The summed E-state index contributed by atoms with van der Waals surface area (Å²) in [5.41, 5.74) is 4.13. The Balaban J connectivity index is 1.17. The van der Waals surface area contributed by atoms with Gasteiger partial charge in [0.05, 0.1) is 33.1 Å². The minimum atomic E-state index is -0.507. The number of rotatable bonds is 20. The summed E-state index contributed by atoms with van der Waals surface area (Å²) < 4.78 is 24.3. The maximum atomic E-state index is 14.4. The molecule has 1 aliphatic heterocycles. The van der Waals surface area contributed by atoms with Crippen LogP contribution in [0.25, 0.3) is 56.2 Å². The van der Waals surface area contributed by atoms with E-state index >= 15 is 0 Å². The van der Waals surface area contributed by atoms with E-state index in [1.165, 1.54) is 9.13 Å². The van der Waals surface area contributed by atoms with Crippen LogP contribution in [-0.2, 0) is 27.3 Å². The Kier molecular flexibility index (Phi) is 13.8. The van der Waals surface area contributed by atoms with Crippen molar-refractivity contribution in [3.05, 3.63) is 126 Å². The molecule has 1 aliphatic carbocycles. The van der Waals surface area contributed by atoms with Crippen LogP contribution in [0.2, 0.25) is 0 Å². The van der Waals surface area contributed by atoms with Crippen molar-refractivity contribution in [1.82, 2.24) is 19.1 Å². The molecule has 2 aliphatic rings. The average molecular weight is 827 g/mol. The lowest BCUT2D eigenvalue weighted by Gasteiger charge is -2.22. The molecule has 4 heterocycles. The Labute approximate surface area is 352 Å². The van der Waals surface area contributed by atoms with Crippen molar-refractivity contribution >= 4 is 39.4 Å². The Bertz CT molecular complexity index is 2820. The minimum absolute atomic E-state index is 0.127. The lowest BCUT2D eigenvalue weighted by Crippen LogP contribution is -2.37. The molecule has 2 N–H and O–H groups in total. The second-order valence-corrected chi connectivity index (χ2v) is 14.8. The van der Waals surface area contributed by atoms with E-state index in [-0.39, 0.29) is 48.5 Å².